The molecule has 37 heavy (non-hydrogen) atoms. The third kappa shape index (κ3) is 7.90. The summed E-state index contributed by atoms with van der Waals surface area (Å²) in [5, 5.41) is 10.2. The number of ether oxygens (including phenoxy) is 2. The molecular formula is C29H29N3O5. The summed E-state index contributed by atoms with van der Waals surface area (Å²) >= 11 is 0. The molecule has 3 aromatic carbocycles. The molecule has 0 fully saturated rings. The molecule has 0 aromatic heterocycles. The van der Waals surface area contributed by atoms with Crippen LogP contribution in [-0.2, 0) is 20.7 Å². The summed E-state index contributed by atoms with van der Waals surface area (Å²) in [6.07, 6.45) is 1.97. The molecule has 0 aliphatic rings. The predicted octanol–water partition coefficient (Wildman–Crippen LogP) is 3.88. The first-order valence-electron chi connectivity index (χ1n) is 11.7. The van der Waals surface area contributed by atoms with Gasteiger partial charge in [0.05, 0.1) is 12.2 Å². The van der Waals surface area contributed by atoms with Crippen LogP contribution < -0.4 is 15.8 Å². The van der Waals surface area contributed by atoms with Crippen molar-refractivity contribution in [1.29, 1.82) is 5.41 Å². The van der Waals surface area contributed by atoms with E-state index in [9.17, 15) is 14.4 Å². The minimum absolute atomic E-state index is 0.0712. The number of nitrogen functional groups attached to an aromatic ring is 1. The number of amides is 1. The highest BCUT2D eigenvalue weighted by atomic mass is 16.5. The van der Waals surface area contributed by atoms with Crippen molar-refractivity contribution < 1.29 is 23.9 Å². The maximum Gasteiger partial charge on any atom is 0.343 e. The first kappa shape index (κ1) is 26.9. The van der Waals surface area contributed by atoms with Crippen molar-refractivity contribution in [2.45, 2.75) is 26.3 Å². The van der Waals surface area contributed by atoms with Gasteiger partial charge in [0.1, 0.15) is 17.6 Å². The van der Waals surface area contributed by atoms with Crippen molar-refractivity contribution in [2.75, 3.05) is 6.61 Å². The smallest absolute Gasteiger partial charge is 0.343 e. The van der Waals surface area contributed by atoms with Gasteiger partial charge < -0.3 is 20.5 Å². The van der Waals surface area contributed by atoms with E-state index in [-0.39, 0.29) is 12.4 Å². The SMILES string of the molecule is CCOC(=O)[C@H](Cc1ccccc1)NC(=O)/C(C)=C/c1ccc(C(=O)Oc2ccc(C(=N)N)cc2)cc1. The Morgan fingerprint density at radius 1 is 0.946 bits per heavy atom. The van der Waals surface area contributed by atoms with E-state index in [0.717, 1.165) is 5.56 Å². The van der Waals surface area contributed by atoms with Gasteiger partial charge in [0.15, 0.2) is 0 Å². The highest BCUT2D eigenvalue weighted by Crippen LogP contribution is 2.16. The minimum atomic E-state index is -0.820. The second-order valence-corrected chi connectivity index (χ2v) is 8.24. The third-order valence-electron chi connectivity index (χ3n) is 5.42. The van der Waals surface area contributed by atoms with E-state index < -0.39 is 23.9 Å². The molecule has 0 saturated heterocycles. The number of carbonyl (C=O) groups is 3. The molecule has 0 radical (unpaired) electrons. The van der Waals surface area contributed by atoms with Crippen LogP contribution in [0, 0.1) is 5.41 Å². The maximum atomic E-state index is 12.8. The fourth-order valence-corrected chi connectivity index (χ4v) is 3.46. The van der Waals surface area contributed by atoms with E-state index in [4.69, 9.17) is 20.6 Å². The molecule has 8 nitrogen and oxygen atoms in total. The van der Waals surface area contributed by atoms with Gasteiger partial charge in [0.25, 0.3) is 0 Å². The molecule has 0 aliphatic heterocycles. The first-order valence-corrected chi connectivity index (χ1v) is 11.7. The number of esters is 2. The number of amidine groups is 1. The van der Waals surface area contributed by atoms with Gasteiger partial charge in [-0.2, -0.15) is 0 Å². The lowest BCUT2D eigenvalue weighted by Crippen LogP contribution is -2.43. The first-order chi connectivity index (χ1) is 17.8. The molecule has 0 aliphatic carbocycles. The van der Waals surface area contributed by atoms with Gasteiger partial charge in [-0.05, 0) is 67.4 Å². The number of hydrogen-bond acceptors (Lipinski definition) is 6. The number of hydrogen-bond donors (Lipinski definition) is 3. The zero-order valence-electron chi connectivity index (χ0n) is 20.7. The van der Waals surface area contributed by atoms with Gasteiger partial charge in [-0.3, -0.25) is 10.2 Å². The lowest BCUT2D eigenvalue weighted by Gasteiger charge is -2.17. The topological polar surface area (TPSA) is 132 Å². The number of nitrogens with two attached hydrogens (primary N) is 1. The van der Waals surface area contributed by atoms with E-state index in [0.29, 0.717) is 34.4 Å². The Balaban J connectivity index is 1.64. The van der Waals surface area contributed by atoms with E-state index >= 15 is 0 Å². The van der Waals surface area contributed by atoms with Crippen LogP contribution in [0.4, 0.5) is 0 Å². The molecule has 3 rings (SSSR count). The maximum absolute atomic E-state index is 12.8. The van der Waals surface area contributed by atoms with Crippen LogP contribution in [0.25, 0.3) is 6.08 Å². The summed E-state index contributed by atoms with van der Waals surface area (Å²) in [6.45, 7) is 3.58. The monoisotopic (exact) mass is 499 g/mol. The van der Waals surface area contributed by atoms with Crippen LogP contribution in [0.1, 0.15) is 40.9 Å². The van der Waals surface area contributed by atoms with E-state index in [1.807, 2.05) is 30.3 Å². The largest absolute Gasteiger partial charge is 0.464 e. The van der Waals surface area contributed by atoms with Crippen molar-refractivity contribution in [3.63, 3.8) is 0 Å². The van der Waals surface area contributed by atoms with Crippen molar-refractivity contribution in [3.05, 3.63) is 107 Å². The zero-order chi connectivity index (χ0) is 26.8. The standard InChI is InChI=1S/C29H29N3O5/c1-3-36-29(35)25(18-20-7-5-4-6-8-20)32-27(33)19(2)17-21-9-11-23(12-10-21)28(34)37-24-15-13-22(14-16-24)26(30)31/h4-17,25H,3,18H2,1-2H3,(H3,30,31)(H,32,33)/b19-17+/t25-/m0/s1. The molecular weight excluding hydrogens is 470 g/mol. The number of rotatable bonds is 10. The molecule has 0 heterocycles. The van der Waals surface area contributed by atoms with Gasteiger partial charge in [0.2, 0.25) is 5.91 Å². The van der Waals surface area contributed by atoms with Crippen LogP contribution in [0.3, 0.4) is 0 Å². The molecule has 4 N–H and O–H groups in total. The second kappa shape index (κ2) is 12.8. The predicted molar refractivity (Wildman–Crippen MR) is 141 cm³/mol. The van der Waals surface area contributed by atoms with Gasteiger partial charge in [-0.1, -0.05) is 42.5 Å². The summed E-state index contributed by atoms with van der Waals surface area (Å²) in [6, 6.07) is 21.5. The van der Waals surface area contributed by atoms with Gasteiger partial charge >= 0.3 is 11.9 Å². The lowest BCUT2D eigenvalue weighted by atomic mass is 10.0. The fraction of sp³-hybridized carbons (Fsp3) is 0.172. The summed E-state index contributed by atoms with van der Waals surface area (Å²) in [7, 11) is 0. The van der Waals surface area contributed by atoms with Crippen molar-refractivity contribution >= 4 is 29.8 Å². The van der Waals surface area contributed by atoms with Crippen molar-refractivity contribution in [1.82, 2.24) is 5.32 Å². The molecule has 8 heteroatoms. The molecule has 0 saturated carbocycles. The third-order valence-corrected chi connectivity index (χ3v) is 5.42. The Labute approximate surface area is 215 Å². The normalized spacial score (nSPS) is 11.8. The number of carbonyl (C=O) groups excluding carboxylic acids is 3. The molecule has 0 unspecified atom stereocenters. The van der Waals surface area contributed by atoms with E-state index in [1.165, 1.54) is 0 Å². The summed E-state index contributed by atoms with van der Waals surface area (Å²) in [5.41, 5.74) is 8.29. The van der Waals surface area contributed by atoms with E-state index in [2.05, 4.69) is 5.32 Å². The lowest BCUT2D eigenvalue weighted by molar-refractivity contribution is -0.147. The highest BCUT2D eigenvalue weighted by Gasteiger charge is 2.23. The summed E-state index contributed by atoms with van der Waals surface area (Å²) < 4.78 is 10.5. The Morgan fingerprint density at radius 2 is 1.57 bits per heavy atom. The molecule has 1 atom stereocenters. The second-order valence-electron chi connectivity index (χ2n) is 8.24. The minimum Gasteiger partial charge on any atom is -0.464 e. The Hall–Kier alpha value is -4.72. The quantitative estimate of drug-likeness (QED) is 0.128. The molecule has 0 spiro atoms. The van der Waals surface area contributed by atoms with Crippen LogP contribution >= 0.6 is 0 Å². The van der Waals surface area contributed by atoms with Crippen molar-refractivity contribution in [3.8, 4) is 5.75 Å². The molecule has 190 valence electrons. The Kier molecular flexibility index (Phi) is 9.32. The van der Waals surface area contributed by atoms with Crippen LogP contribution in [0.5, 0.6) is 5.75 Å². The van der Waals surface area contributed by atoms with Gasteiger partial charge in [-0.15, -0.1) is 0 Å². The van der Waals surface area contributed by atoms with Gasteiger partial charge in [0, 0.05) is 17.6 Å². The highest BCUT2D eigenvalue weighted by molar-refractivity contribution is 5.99. The average molecular weight is 500 g/mol. The average Bonchev–Trinajstić information content (AvgIpc) is 2.89. The Morgan fingerprint density at radius 3 is 2.16 bits per heavy atom. The number of nitrogens with one attached hydrogen (secondary N) is 2. The molecule has 1 amide bonds. The summed E-state index contributed by atoms with van der Waals surface area (Å²) in [5.74, 6) is -1.17. The van der Waals surface area contributed by atoms with E-state index in [1.54, 1.807) is 68.5 Å². The van der Waals surface area contributed by atoms with Crippen molar-refractivity contribution in [2.24, 2.45) is 5.73 Å². The zero-order valence-corrected chi connectivity index (χ0v) is 20.7. The van der Waals surface area contributed by atoms with Crippen LogP contribution in [0.2, 0.25) is 0 Å². The van der Waals surface area contributed by atoms with Gasteiger partial charge in [-0.25, -0.2) is 9.59 Å². The van der Waals surface area contributed by atoms with Crippen LogP contribution in [-0.4, -0.2) is 36.3 Å². The van der Waals surface area contributed by atoms with Crippen LogP contribution in [0.15, 0.2) is 84.4 Å². The number of benzene rings is 3. The summed E-state index contributed by atoms with van der Waals surface area (Å²) in [4.78, 5) is 37.7. The molecule has 3 aromatic rings. The molecule has 0 bridgehead atoms. The Bertz CT molecular complexity index is 1280. The fourth-order valence-electron chi connectivity index (χ4n) is 3.46.